The maximum absolute atomic E-state index is 10.2. The molecule has 0 fully saturated rings. The number of aliphatic carboxylic acids is 1. The van der Waals surface area contributed by atoms with E-state index in [9.17, 15) is 4.79 Å². The molecule has 0 unspecified atom stereocenters. The third kappa shape index (κ3) is 2.32. The Labute approximate surface area is 67.9 Å². The van der Waals surface area contributed by atoms with E-state index in [4.69, 9.17) is 10.2 Å². The van der Waals surface area contributed by atoms with Crippen molar-refractivity contribution in [2.75, 3.05) is 0 Å². The normalized spacial score (nSPS) is 12.8. The average molecular weight is 172 g/mol. The first-order valence-electron chi connectivity index (χ1n) is 3.13. The molecule has 3 nitrogen and oxygen atoms in total. The van der Waals surface area contributed by atoms with Gasteiger partial charge in [-0.15, -0.1) is 11.3 Å². The number of thiophene rings is 1. The number of aliphatic hydroxyl groups excluding tert-OH is 1. The average Bonchev–Trinajstić information content (AvgIpc) is 2.39. The minimum Gasteiger partial charge on any atom is -0.479 e. The van der Waals surface area contributed by atoms with E-state index < -0.39 is 12.1 Å². The topological polar surface area (TPSA) is 57.5 Å². The van der Waals surface area contributed by atoms with Crippen molar-refractivity contribution in [1.82, 2.24) is 0 Å². The van der Waals surface area contributed by atoms with Gasteiger partial charge in [-0.25, -0.2) is 4.79 Å². The molecule has 4 heteroatoms. The van der Waals surface area contributed by atoms with Crippen molar-refractivity contribution in [3.63, 3.8) is 0 Å². The van der Waals surface area contributed by atoms with Crippen LogP contribution in [-0.2, 0) is 11.2 Å². The lowest BCUT2D eigenvalue weighted by Crippen LogP contribution is -2.21. The third-order valence-corrected chi connectivity index (χ3v) is 2.16. The molecule has 0 spiro atoms. The smallest absolute Gasteiger partial charge is 0.332 e. The summed E-state index contributed by atoms with van der Waals surface area (Å²) in [4.78, 5) is 11.1. The highest BCUT2D eigenvalue weighted by Gasteiger charge is 2.13. The fourth-order valence-corrected chi connectivity index (χ4v) is 1.45. The molecule has 0 aliphatic heterocycles. The highest BCUT2D eigenvalue weighted by Crippen LogP contribution is 2.10. The largest absolute Gasteiger partial charge is 0.479 e. The fourth-order valence-electron chi connectivity index (χ4n) is 0.707. The first kappa shape index (κ1) is 8.23. The molecular weight excluding hydrogens is 164 g/mol. The SMILES string of the molecule is O=C(O)[C@H](O)Cc1cccs1. The molecule has 0 saturated carbocycles. The van der Waals surface area contributed by atoms with Crippen LogP contribution in [0.15, 0.2) is 17.5 Å². The molecule has 0 aliphatic rings. The second-order valence-corrected chi connectivity index (χ2v) is 3.17. The van der Waals surface area contributed by atoms with Gasteiger partial charge >= 0.3 is 5.97 Å². The van der Waals surface area contributed by atoms with Gasteiger partial charge in [0.2, 0.25) is 0 Å². The van der Waals surface area contributed by atoms with Crippen LogP contribution in [0, 0.1) is 0 Å². The zero-order chi connectivity index (χ0) is 8.27. The second kappa shape index (κ2) is 3.50. The van der Waals surface area contributed by atoms with E-state index in [-0.39, 0.29) is 6.42 Å². The molecule has 1 rings (SSSR count). The monoisotopic (exact) mass is 172 g/mol. The summed E-state index contributed by atoms with van der Waals surface area (Å²) in [5.74, 6) is -1.17. The summed E-state index contributed by atoms with van der Waals surface area (Å²) >= 11 is 1.45. The van der Waals surface area contributed by atoms with Crippen LogP contribution in [-0.4, -0.2) is 22.3 Å². The van der Waals surface area contributed by atoms with Gasteiger partial charge in [-0.05, 0) is 11.4 Å². The molecule has 1 aromatic rings. The van der Waals surface area contributed by atoms with Gasteiger partial charge in [-0.3, -0.25) is 0 Å². The summed E-state index contributed by atoms with van der Waals surface area (Å²) in [6.07, 6.45) is -1.07. The van der Waals surface area contributed by atoms with Crippen LogP contribution in [0.25, 0.3) is 0 Å². The highest BCUT2D eigenvalue weighted by molar-refractivity contribution is 7.09. The van der Waals surface area contributed by atoms with E-state index in [1.54, 1.807) is 6.07 Å². The minimum atomic E-state index is -1.27. The molecule has 0 bridgehead atoms. The molecular formula is C7H8O3S. The predicted molar refractivity (Wildman–Crippen MR) is 41.7 cm³/mol. The number of hydrogen-bond donors (Lipinski definition) is 2. The minimum absolute atomic E-state index is 0.201. The first-order chi connectivity index (χ1) is 5.20. The van der Waals surface area contributed by atoms with Crippen molar-refractivity contribution in [2.24, 2.45) is 0 Å². The quantitative estimate of drug-likeness (QED) is 0.706. The van der Waals surface area contributed by atoms with E-state index in [0.29, 0.717) is 0 Å². The second-order valence-electron chi connectivity index (χ2n) is 2.14. The molecule has 1 heterocycles. The first-order valence-corrected chi connectivity index (χ1v) is 4.01. The summed E-state index contributed by atoms with van der Waals surface area (Å²) in [6, 6.07) is 3.63. The molecule has 60 valence electrons. The standard InChI is InChI=1S/C7H8O3S/c8-6(7(9)10)4-5-2-1-3-11-5/h1-3,6,8H,4H2,(H,9,10)/t6-/m1/s1. The third-order valence-electron chi connectivity index (χ3n) is 1.26. The summed E-state index contributed by atoms with van der Waals surface area (Å²) in [6.45, 7) is 0. The molecule has 2 N–H and O–H groups in total. The van der Waals surface area contributed by atoms with Crippen LogP contribution in [0.1, 0.15) is 4.88 Å². The van der Waals surface area contributed by atoms with E-state index in [1.807, 2.05) is 11.4 Å². The van der Waals surface area contributed by atoms with Gasteiger partial charge in [-0.2, -0.15) is 0 Å². The Morgan fingerprint density at radius 2 is 2.45 bits per heavy atom. The number of carboxylic acids is 1. The maximum atomic E-state index is 10.2. The van der Waals surface area contributed by atoms with Gasteiger partial charge in [0, 0.05) is 11.3 Å². The summed E-state index contributed by atoms with van der Waals surface area (Å²) < 4.78 is 0. The Bertz CT molecular complexity index is 230. The Hall–Kier alpha value is -0.870. The Balaban J connectivity index is 2.50. The Morgan fingerprint density at radius 1 is 1.73 bits per heavy atom. The van der Waals surface area contributed by atoms with Crippen molar-refractivity contribution in [3.8, 4) is 0 Å². The van der Waals surface area contributed by atoms with Crippen LogP contribution in [0.4, 0.5) is 0 Å². The summed E-state index contributed by atoms with van der Waals surface area (Å²) in [5.41, 5.74) is 0. The van der Waals surface area contributed by atoms with Crippen LogP contribution >= 0.6 is 11.3 Å². The highest BCUT2D eigenvalue weighted by atomic mass is 32.1. The lowest BCUT2D eigenvalue weighted by atomic mass is 10.2. The van der Waals surface area contributed by atoms with Gasteiger partial charge in [0.05, 0.1) is 0 Å². The number of carboxylic acid groups (broad SMARTS) is 1. The van der Waals surface area contributed by atoms with E-state index in [2.05, 4.69) is 0 Å². The Kier molecular flexibility index (Phi) is 2.62. The number of rotatable bonds is 3. The molecule has 0 aliphatic carbocycles. The van der Waals surface area contributed by atoms with Crippen LogP contribution in [0.2, 0.25) is 0 Å². The molecule has 1 aromatic heterocycles. The summed E-state index contributed by atoms with van der Waals surface area (Å²) in [7, 11) is 0. The van der Waals surface area contributed by atoms with Gasteiger partial charge in [-0.1, -0.05) is 6.07 Å². The predicted octanol–water partition coefficient (Wildman–Crippen LogP) is 0.736. The Morgan fingerprint density at radius 3 is 2.91 bits per heavy atom. The zero-order valence-electron chi connectivity index (χ0n) is 5.73. The molecule has 0 amide bonds. The van der Waals surface area contributed by atoms with Crippen molar-refractivity contribution in [3.05, 3.63) is 22.4 Å². The molecule has 0 radical (unpaired) electrons. The van der Waals surface area contributed by atoms with Gasteiger partial charge < -0.3 is 10.2 Å². The van der Waals surface area contributed by atoms with Crippen molar-refractivity contribution >= 4 is 17.3 Å². The van der Waals surface area contributed by atoms with Gasteiger partial charge in [0.15, 0.2) is 6.10 Å². The molecule has 0 aromatic carbocycles. The van der Waals surface area contributed by atoms with Crippen LogP contribution in [0.5, 0.6) is 0 Å². The van der Waals surface area contributed by atoms with Crippen LogP contribution < -0.4 is 0 Å². The van der Waals surface area contributed by atoms with E-state index >= 15 is 0 Å². The van der Waals surface area contributed by atoms with E-state index in [1.165, 1.54) is 11.3 Å². The van der Waals surface area contributed by atoms with Crippen molar-refractivity contribution < 1.29 is 15.0 Å². The zero-order valence-corrected chi connectivity index (χ0v) is 6.54. The molecule has 11 heavy (non-hydrogen) atoms. The van der Waals surface area contributed by atoms with Crippen molar-refractivity contribution in [2.45, 2.75) is 12.5 Å². The van der Waals surface area contributed by atoms with Gasteiger partial charge in [0.25, 0.3) is 0 Å². The summed E-state index contributed by atoms with van der Waals surface area (Å²) in [5, 5.41) is 19.1. The fraction of sp³-hybridized carbons (Fsp3) is 0.286. The number of aliphatic hydroxyl groups is 1. The maximum Gasteiger partial charge on any atom is 0.332 e. The van der Waals surface area contributed by atoms with Crippen molar-refractivity contribution in [1.29, 1.82) is 0 Å². The molecule has 0 saturated heterocycles. The number of hydrogen-bond acceptors (Lipinski definition) is 3. The van der Waals surface area contributed by atoms with Gasteiger partial charge in [0.1, 0.15) is 0 Å². The molecule has 1 atom stereocenters. The lowest BCUT2D eigenvalue weighted by Gasteiger charge is -2.01. The lowest BCUT2D eigenvalue weighted by molar-refractivity contribution is -0.146. The van der Waals surface area contributed by atoms with Crippen LogP contribution in [0.3, 0.4) is 0 Å². The number of carbonyl (C=O) groups is 1. The van der Waals surface area contributed by atoms with E-state index in [0.717, 1.165) is 4.88 Å².